The summed E-state index contributed by atoms with van der Waals surface area (Å²) < 4.78 is 37.2. The second-order valence-corrected chi connectivity index (χ2v) is 12.8. The van der Waals surface area contributed by atoms with Crippen LogP contribution in [0.2, 0.25) is 13.1 Å². The highest BCUT2D eigenvalue weighted by molar-refractivity contribution is 6.49. The van der Waals surface area contributed by atoms with E-state index in [9.17, 15) is 8.78 Å². The maximum Gasteiger partial charge on any atom is 0.266 e. The lowest BCUT2D eigenvalue weighted by Crippen LogP contribution is -2.37. The quantitative estimate of drug-likeness (QED) is 0.227. The summed E-state index contributed by atoms with van der Waals surface area (Å²) >= 11 is 0. The molecule has 0 N–H and O–H groups in total. The van der Waals surface area contributed by atoms with Gasteiger partial charge < -0.3 is 9.16 Å². The van der Waals surface area contributed by atoms with E-state index in [1.54, 1.807) is 0 Å². The molecule has 190 valence electrons. The number of fused-ring (bicyclic) bond motifs is 1. The molecule has 0 aliphatic carbocycles. The molecular weight excluding hydrogens is 446 g/mol. The van der Waals surface area contributed by atoms with Gasteiger partial charge in [-0.3, -0.25) is 0 Å². The summed E-state index contributed by atoms with van der Waals surface area (Å²) in [5.41, 5.74) is 7.41. The molecule has 0 saturated heterocycles. The minimum Gasteiger partial charge on any atom is -0.547 e. The lowest BCUT2D eigenvalue weighted by Gasteiger charge is -2.38. The van der Waals surface area contributed by atoms with Gasteiger partial charge in [0, 0.05) is 5.56 Å². The maximum absolute atomic E-state index is 12.1. The van der Waals surface area contributed by atoms with Crippen LogP contribution in [0, 0.1) is 20.8 Å². The van der Waals surface area contributed by atoms with Gasteiger partial charge in [-0.2, -0.15) is 8.78 Å². The fourth-order valence-electron chi connectivity index (χ4n) is 4.65. The van der Waals surface area contributed by atoms with Crippen LogP contribution in [-0.4, -0.2) is 14.6 Å². The number of ether oxygens (including phenoxy) is 1. The summed E-state index contributed by atoms with van der Waals surface area (Å²) in [5, 5.41) is 0. The Morgan fingerprint density at radius 1 is 0.941 bits per heavy atom. The summed E-state index contributed by atoms with van der Waals surface area (Å²) in [5.74, 6) is 2.16. The normalized spacial score (nSPS) is 18.6. The van der Waals surface area contributed by atoms with Gasteiger partial charge >= 0.3 is 0 Å². The molecule has 0 saturated carbocycles. The van der Waals surface area contributed by atoms with Gasteiger partial charge in [0.15, 0.2) is 0 Å². The summed E-state index contributed by atoms with van der Waals surface area (Å²) in [6.07, 6.45) is 11.0. The highest BCUT2D eigenvalue weighted by atomic mass is 28.3. The van der Waals surface area contributed by atoms with Crippen molar-refractivity contribution in [1.29, 1.82) is 0 Å². The number of halogens is 2. The summed E-state index contributed by atoms with van der Waals surface area (Å²) in [7, 11) is -1.17. The van der Waals surface area contributed by atoms with E-state index in [-0.39, 0.29) is 5.60 Å². The Bertz CT molecular complexity index is 942. The van der Waals surface area contributed by atoms with Gasteiger partial charge in [-0.1, -0.05) is 23.3 Å². The highest BCUT2D eigenvalue weighted by Gasteiger charge is 2.34. The average Bonchev–Trinajstić information content (AvgIpc) is 2.74. The van der Waals surface area contributed by atoms with Crippen LogP contribution in [0.1, 0.15) is 88.0 Å². The molecule has 1 aliphatic rings. The maximum atomic E-state index is 12.1. The van der Waals surface area contributed by atoms with E-state index in [0.29, 0.717) is 12.8 Å². The van der Waals surface area contributed by atoms with E-state index in [1.807, 2.05) is 6.92 Å². The molecule has 0 radical (unpaired) electrons. The largest absolute Gasteiger partial charge is 0.547 e. The Morgan fingerprint density at radius 3 is 2.12 bits per heavy atom. The molecule has 0 amide bonds. The van der Waals surface area contributed by atoms with Gasteiger partial charge in [0.25, 0.3) is 6.08 Å². The van der Waals surface area contributed by atoms with Gasteiger partial charge in [-0.15, -0.1) is 0 Å². The average molecular weight is 491 g/mol. The topological polar surface area (TPSA) is 18.5 Å². The van der Waals surface area contributed by atoms with Crippen molar-refractivity contribution < 1.29 is 17.9 Å². The summed E-state index contributed by atoms with van der Waals surface area (Å²) in [6.45, 7) is 17.4. The first kappa shape index (κ1) is 28.4. The van der Waals surface area contributed by atoms with Gasteiger partial charge in [-0.05, 0) is 129 Å². The molecular formula is C29H44F2O2Si. The van der Waals surface area contributed by atoms with Gasteiger partial charge in [0.1, 0.15) is 17.1 Å². The van der Waals surface area contributed by atoms with E-state index in [2.05, 4.69) is 59.9 Å². The van der Waals surface area contributed by atoms with Crippen molar-refractivity contribution in [3.8, 4) is 11.5 Å². The SMILES string of the molecule is C/C(=C\CC/C(C)=C/CC[C@@]1(C)CCc2c(C)c(O[SiH](C)C)c(C)c(C)c2O1)CCC=C(F)F. The molecule has 1 aromatic carbocycles. The van der Waals surface area contributed by atoms with Crippen LogP contribution in [0.15, 0.2) is 35.5 Å². The van der Waals surface area contributed by atoms with Crippen molar-refractivity contribution in [3.63, 3.8) is 0 Å². The van der Waals surface area contributed by atoms with E-state index >= 15 is 0 Å². The first-order chi connectivity index (χ1) is 15.9. The van der Waals surface area contributed by atoms with E-state index in [4.69, 9.17) is 9.16 Å². The minimum atomic E-state index is -1.59. The van der Waals surface area contributed by atoms with Crippen LogP contribution < -0.4 is 9.16 Å². The minimum absolute atomic E-state index is 0.154. The molecule has 0 aromatic heterocycles. The molecule has 0 unspecified atom stereocenters. The van der Waals surface area contributed by atoms with E-state index < -0.39 is 15.1 Å². The third kappa shape index (κ3) is 8.11. The van der Waals surface area contributed by atoms with Crippen LogP contribution in [-0.2, 0) is 6.42 Å². The van der Waals surface area contributed by atoms with Crippen molar-refractivity contribution in [2.45, 2.75) is 112 Å². The van der Waals surface area contributed by atoms with Crippen molar-refractivity contribution in [1.82, 2.24) is 0 Å². The zero-order chi connectivity index (χ0) is 25.5. The molecule has 2 nitrogen and oxygen atoms in total. The third-order valence-corrected chi connectivity index (χ3v) is 7.66. The van der Waals surface area contributed by atoms with Crippen molar-refractivity contribution >= 4 is 9.04 Å². The van der Waals surface area contributed by atoms with Crippen LogP contribution in [0.3, 0.4) is 0 Å². The summed E-state index contributed by atoms with van der Waals surface area (Å²) in [6, 6.07) is 0. The highest BCUT2D eigenvalue weighted by Crippen LogP contribution is 2.45. The Balaban J connectivity index is 1.95. The van der Waals surface area contributed by atoms with Gasteiger partial charge in [0.2, 0.25) is 9.04 Å². The monoisotopic (exact) mass is 490 g/mol. The zero-order valence-corrected chi connectivity index (χ0v) is 23.7. The van der Waals surface area contributed by atoms with Crippen LogP contribution in [0.5, 0.6) is 11.5 Å². The second kappa shape index (κ2) is 12.7. The fraction of sp³-hybridized carbons (Fsp3) is 0.586. The number of rotatable bonds is 11. The molecule has 0 spiro atoms. The van der Waals surface area contributed by atoms with E-state index in [0.717, 1.165) is 56.1 Å². The summed E-state index contributed by atoms with van der Waals surface area (Å²) in [4.78, 5) is 0. The molecule has 1 aliphatic heterocycles. The molecule has 1 heterocycles. The third-order valence-electron chi connectivity index (χ3n) is 6.95. The van der Waals surface area contributed by atoms with Crippen LogP contribution in [0.25, 0.3) is 0 Å². The molecule has 0 fully saturated rings. The zero-order valence-electron chi connectivity index (χ0n) is 22.5. The smallest absolute Gasteiger partial charge is 0.266 e. The molecule has 34 heavy (non-hydrogen) atoms. The Hall–Kier alpha value is -1.88. The molecule has 1 aromatic rings. The fourth-order valence-corrected chi connectivity index (χ4v) is 5.48. The number of allylic oxidation sites excluding steroid dienone is 5. The standard InChI is InChI=1S/C29H44F2O2Si/c1-20(14-10-16-26(30)31)12-9-13-21(2)15-11-18-29(6)19-17-25-24(5)27(33-34(7)8)22(3)23(4)28(25)32-29/h12,15-16,34H,9-11,13-14,17-19H2,1-8H3/b20-12+,21-15+/t29-/m0/s1. The predicted octanol–water partition coefficient (Wildman–Crippen LogP) is 9.07. The number of benzene rings is 1. The Kier molecular flexibility index (Phi) is 10.6. The number of hydrogen-bond donors (Lipinski definition) is 0. The lowest BCUT2D eigenvalue weighted by atomic mass is 9.85. The number of hydrogen-bond acceptors (Lipinski definition) is 2. The van der Waals surface area contributed by atoms with E-state index in [1.165, 1.54) is 33.4 Å². The van der Waals surface area contributed by atoms with Gasteiger partial charge in [-0.25, -0.2) is 0 Å². The Morgan fingerprint density at radius 2 is 1.53 bits per heavy atom. The van der Waals surface area contributed by atoms with Gasteiger partial charge in [0.05, 0.1) is 0 Å². The van der Waals surface area contributed by atoms with Crippen LogP contribution in [0.4, 0.5) is 8.78 Å². The second-order valence-electron chi connectivity index (χ2n) is 10.4. The predicted molar refractivity (Wildman–Crippen MR) is 143 cm³/mol. The molecule has 1 atom stereocenters. The molecule has 5 heteroatoms. The van der Waals surface area contributed by atoms with Crippen molar-refractivity contribution in [3.05, 3.63) is 57.7 Å². The van der Waals surface area contributed by atoms with Crippen molar-refractivity contribution in [2.75, 3.05) is 0 Å². The first-order valence-electron chi connectivity index (χ1n) is 12.7. The molecule has 0 bridgehead atoms. The lowest BCUT2D eigenvalue weighted by molar-refractivity contribution is 0.0559. The Labute approximate surface area is 207 Å². The van der Waals surface area contributed by atoms with Crippen LogP contribution >= 0.6 is 0 Å². The van der Waals surface area contributed by atoms with Crippen molar-refractivity contribution in [2.24, 2.45) is 0 Å². The first-order valence-corrected chi connectivity index (χ1v) is 15.5. The molecule has 2 rings (SSSR count).